The highest BCUT2D eigenvalue weighted by Crippen LogP contribution is 2.44. The fraction of sp³-hybridized carbons (Fsp3) is 0.179. The van der Waals surface area contributed by atoms with Gasteiger partial charge in [0.25, 0.3) is 0 Å². The molecule has 0 unspecified atom stereocenters. The Balaban J connectivity index is 1.57. The van der Waals surface area contributed by atoms with Crippen molar-refractivity contribution in [3.05, 3.63) is 130 Å². The Hall–Kier alpha value is -4.10. The molecule has 0 aliphatic heterocycles. The molecule has 0 fully saturated rings. The number of hydrogen-bond donors (Lipinski definition) is 0. The van der Waals surface area contributed by atoms with Crippen LogP contribution in [0.25, 0.3) is 55.4 Å². The summed E-state index contributed by atoms with van der Waals surface area (Å²) in [5.41, 5.74) is 14.6. The third-order valence-corrected chi connectivity index (χ3v) is 8.93. The molecule has 1 aliphatic carbocycles. The molecular weight excluding hydrogens is 479 g/mol. The van der Waals surface area contributed by atoms with Gasteiger partial charge in [0.15, 0.2) is 0 Å². The highest BCUT2D eigenvalue weighted by atomic mass is 14.3. The zero-order chi connectivity index (χ0) is 27.8. The topological polar surface area (TPSA) is 0 Å². The lowest BCUT2D eigenvalue weighted by atomic mass is 9.78. The molecule has 0 saturated carbocycles. The highest BCUT2D eigenvalue weighted by Gasteiger charge is 2.22. The molecule has 0 amide bonds. The second kappa shape index (κ2) is 10.8. The molecule has 5 aromatic rings. The van der Waals surface area contributed by atoms with Gasteiger partial charge in [0, 0.05) is 0 Å². The average Bonchev–Trinajstić information content (AvgIpc) is 3.02. The van der Waals surface area contributed by atoms with Gasteiger partial charge in [-0.05, 0) is 118 Å². The van der Waals surface area contributed by atoms with E-state index in [9.17, 15) is 0 Å². The van der Waals surface area contributed by atoms with Crippen molar-refractivity contribution in [1.82, 2.24) is 0 Å². The Kier molecular flexibility index (Phi) is 7.07. The van der Waals surface area contributed by atoms with Crippen LogP contribution < -0.4 is 0 Å². The number of fused-ring (bicyclic) bond motifs is 3. The van der Waals surface area contributed by atoms with Crippen LogP contribution in [0.3, 0.4) is 0 Å². The number of allylic oxidation sites excluding steroid dienone is 5. The van der Waals surface area contributed by atoms with Crippen LogP contribution in [0.1, 0.15) is 50.8 Å². The molecule has 40 heavy (non-hydrogen) atoms. The summed E-state index contributed by atoms with van der Waals surface area (Å²) < 4.78 is 0. The van der Waals surface area contributed by atoms with Gasteiger partial charge in [-0.1, -0.05) is 115 Å². The molecule has 0 aromatic heterocycles. The minimum absolute atomic E-state index is 0.589. The van der Waals surface area contributed by atoms with Gasteiger partial charge in [0.2, 0.25) is 0 Å². The van der Waals surface area contributed by atoms with Gasteiger partial charge < -0.3 is 0 Å². The van der Waals surface area contributed by atoms with Gasteiger partial charge in [0.05, 0.1) is 7.85 Å². The van der Waals surface area contributed by atoms with Crippen LogP contribution in [0.4, 0.5) is 0 Å². The molecular formula is C39H35B. The Morgan fingerprint density at radius 1 is 0.675 bits per heavy atom. The van der Waals surface area contributed by atoms with Gasteiger partial charge in [0.1, 0.15) is 0 Å². The van der Waals surface area contributed by atoms with E-state index >= 15 is 0 Å². The van der Waals surface area contributed by atoms with Gasteiger partial charge in [-0.2, -0.15) is 0 Å². The summed E-state index contributed by atoms with van der Waals surface area (Å²) in [6.45, 7) is 8.90. The predicted molar refractivity (Wildman–Crippen MR) is 177 cm³/mol. The van der Waals surface area contributed by atoms with Crippen LogP contribution in [0, 0.1) is 0 Å². The molecule has 0 atom stereocenters. The summed E-state index contributed by atoms with van der Waals surface area (Å²) in [6.07, 6.45) is 7.41. The largest absolute Gasteiger partial charge is 0.0836 e. The Morgan fingerprint density at radius 3 is 2.08 bits per heavy atom. The normalized spacial score (nSPS) is 14.2. The summed E-state index contributed by atoms with van der Waals surface area (Å²) >= 11 is 0. The van der Waals surface area contributed by atoms with Gasteiger partial charge in [-0.3, -0.25) is 0 Å². The highest BCUT2D eigenvalue weighted by molar-refractivity contribution is 6.10. The minimum Gasteiger partial charge on any atom is -0.0836 e. The van der Waals surface area contributed by atoms with Crippen LogP contribution in [0.15, 0.2) is 114 Å². The van der Waals surface area contributed by atoms with E-state index in [1.165, 1.54) is 82.8 Å². The van der Waals surface area contributed by atoms with Gasteiger partial charge in [-0.15, -0.1) is 0 Å². The first kappa shape index (κ1) is 26.1. The molecule has 0 heterocycles. The third kappa shape index (κ3) is 4.44. The molecule has 1 aliphatic rings. The summed E-state index contributed by atoms with van der Waals surface area (Å²) in [7, 11) is 6.02. The van der Waals surface area contributed by atoms with E-state index in [4.69, 9.17) is 7.85 Å². The summed E-state index contributed by atoms with van der Waals surface area (Å²) in [5, 5.41) is 5.21. The van der Waals surface area contributed by atoms with E-state index in [-0.39, 0.29) is 0 Å². The number of rotatable bonds is 5. The summed E-state index contributed by atoms with van der Waals surface area (Å²) in [5.74, 6) is 0. The zero-order valence-electron chi connectivity index (χ0n) is 24.0. The Labute approximate surface area is 240 Å². The van der Waals surface area contributed by atoms with Crippen molar-refractivity contribution in [2.45, 2.75) is 46.9 Å². The van der Waals surface area contributed by atoms with E-state index < -0.39 is 0 Å². The molecule has 0 saturated heterocycles. The van der Waals surface area contributed by atoms with E-state index in [0.717, 1.165) is 12.8 Å². The van der Waals surface area contributed by atoms with Crippen molar-refractivity contribution in [3.63, 3.8) is 0 Å². The fourth-order valence-corrected chi connectivity index (χ4v) is 6.36. The zero-order valence-corrected chi connectivity index (χ0v) is 24.0. The van der Waals surface area contributed by atoms with Crippen molar-refractivity contribution < 1.29 is 0 Å². The lowest BCUT2D eigenvalue weighted by Crippen LogP contribution is -2.05. The molecule has 2 radical (unpaired) electrons. The molecule has 0 nitrogen and oxygen atoms in total. The first-order valence-electron chi connectivity index (χ1n) is 14.4. The van der Waals surface area contributed by atoms with Crippen molar-refractivity contribution in [3.8, 4) is 22.3 Å². The van der Waals surface area contributed by atoms with Crippen molar-refractivity contribution >= 4 is 41.0 Å². The maximum Gasteiger partial charge on any atom is 0.0712 e. The third-order valence-electron chi connectivity index (χ3n) is 8.93. The Morgan fingerprint density at radius 2 is 1.32 bits per heavy atom. The van der Waals surface area contributed by atoms with Gasteiger partial charge >= 0.3 is 0 Å². The smallest absolute Gasteiger partial charge is 0.0712 e. The molecule has 0 spiro atoms. The van der Waals surface area contributed by atoms with Crippen molar-refractivity contribution in [2.24, 2.45) is 0 Å². The van der Waals surface area contributed by atoms with Crippen LogP contribution in [0.5, 0.6) is 0 Å². The SMILES string of the molecule is [B]C/C(C)=C(C)\C(C)=C(/C)c1c2c(c(-c3ccc(-c4cccc5ccccc45)cc3)c3ccccc13)C=CCC2. The molecule has 6 rings (SSSR count). The first-order chi connectivity index (χ1) is 19.5. The number of benzene rings is 5. The molecule has 1 heteroatoms. The monoisotopic (exact) mass is 514 g/mol. The Bertz CT molecular complexity index is 1840. The molecule has 0 bridgehead atoms. The lowest BCUT2D eigenvalue weighted by molar-refractivity contribution is 0.983. The summed E-state index contributed by atoms with van der Waals surface area (Å²) in [4.78, 5) is 0. The van der Waals surface area contributed by atoms with E-state index in [0.29, 0.717) is 6.32 Å². The quantitative estimate of drug-likeness (QED) is 0.162. The molecule has 194 valence electrons. The molecule has 0 N–H and O–H groups in total. The second-order valence-corrected chi connectivity index (χ2v) is 11.1. The number of hydrogen-bond acceptors (Lipinski definition) is 0. The summed E-state index contributed by atoms with van der Waals surface area (Å²) in [6, 6.07) is 33.4. The van der Waals surface area contributed by atoms with Crippen molar-refractivity contribution in [1.29, 1.82) is 0 Å². The standard InChI is InChI=1S/C39H35B/c1-25(24-40)26(2)27(3)28(4)38-34-15-7-9-17-36(34)39(37-18-10-8-16-35(37)38)31-22-20-30(21-23-31)33-19-11-13-29-12-5-6-14-32(29)33/h5-7,9-15,17-23H,8,16,24H2,1-4H3/b26-25-,28-27+. The maximum absolute atomic E-state index is 6.02. The second-order valence-electron chi connectivity index (χ2n) is 11.1. The van der Waals surface area contributed by atoms with E-state index in [1.54, 1.807) is 0 Å². The minimum atomic E-state index is 0.589. The van der Waals surface area contributed by atoms with Crippen LogP contribution in [0.2, 0.25) is 6.32 Å². The van der Waals surface area contributed by atoms with Gasteiger partial charge in [-0.25, -0.2) is 0 Å². The van der Waals surface area contributed by atoms with E-state index in [2.05, 4.69) is 131 Å². The van der Waals surface area contributed by atoms with Crippen LogP contribution in [-0.4, -0.2) is 7.85 Å². The molecule has 5 aromatic carbocycles. The van der Waals surface area contributed by atoms with Crippen LogP contribution in [-0.2, 0) is 6.42 Å². The lowest BCUT2D eigenvalue weighted by Gasteiger charge is -2.25. The first-order valence-corrected chi connectivity index (χ1v) is 14.4. The fourth-order valence-electron chi connectivity index (χ4n) is 6.36. The van der Waals surface area contributed by atoms with E-state index in [1.807, 2.05) is 0 Å². The van der Waals surface area contributed by atoms with Crippen LogP contribution >= 0.6 is 0 Å². The maximum atomic E-state index is 6.02. The predicted octanol–water partition coefficient (Wildman–Crippen LogP) is 11.0. The van der Waals surface area contributed by atoms with Crippen molar-refractivity contribution in [2.75, 3.05) is 0 Å². The average molecular weight is 515 g/mol.